The van der Waals surface area contributed by atoms with Crippen LogP contribution >= 0.6 is 0 Å². The van der Waals surface area contributed by atoms with E-state index in [2.05, 4.69) is 5.32 Å². The molecule has 0 aliphatic rings. The Balaban J connectivity index is 2.00. The van der Waals surface area contributed by atoms with E-state index in [0.29, 0.717) is 11.3 Å². The van der Waals surface area contributed by atoms with Gasteiger partial charge in [-0.2, -0.15) is 0 Å². The van der Waals surface area contributed by atoms with Gasteiger partial charge in [0.25, 0.3) is 5.69 Å². The topological polar surface area (TPSA) is 136 Å². The van der Waals surface area contributed by atoms with Gasteiger partial charge >= 0.3 is 0 Å². The zero-order valence-electron chi connectivity index (χ0n) is 15.5. The molecular weight excluding hydrogens is 384 g/mol. The summed E-state index contributed by atoms with van der Waals surface area (Å²) in [4.78, 5) is 24.5. The molecule has 0 aliphatic carbocycles. The van der Waals surface area contributed by atoms with Gasteiger partial charge in [-0.05, 0) is 30.7 Å². The van der Waals surface area contributed by atoms with Crippen LogP contribution in [0.4, 0.5) is 11.4 Å². The van der Waals surface area contributed by atoms with Crippen LogP contribution in [-0.2, 0) is 14.8 Å². The first-order chi connectivity index (χ1) is 13.1. The number of benzene rings is 2. The molecule has 2 aromatic rings. The van der Waals surface area contributed by atoms with Crippen LogP contribution in [0.2, 0.25) is 0 Å². The summed E-state index contributed by atoms with van der Waals surface area (Å²) in [7, 11) is -2.22. The Morgan fingerprint density at radius 1 is 1.25 bits per heavy atom. The van der Waals surface area contributed by atoms with Crippen molar-refractivity contribution in [2.24, 2.45) is 5.14 Å². The number of nitro groups is 1. The maximum Gasteiger partial charge on any atom is 0.292 e. The van der Waals surface area contributed by atoms with E-state index in [9.17, 15) is 23.3 Å². The number of anilines is 1. The molecule has 0 bridgehead atoms. The zero-order chi connectivity index (χ0) is 20.9. The molecule has 0 saturated heterocycles. The molecule has 0 heterocycles. The Kier molecular flexibility index (Phi) is 6.71. The van der Waals surface area contributed by atoms with Crippen molar-refractivity contribution in [2.75, 3.05) is 18.9 Å². The SMILES string of the molecule is CC(c1cccc(S(N)(=O)=O)c1)N(C)C(=O)CCNc1ccccc1[N+](=O)[O-]. The fourth-order valence-corrected chi connectivity index (χ4v) is 3.22. The molecule has 0 fully saturated rings. The second-order valence-corrected chi connectivity index (χ2v) is 7.81. The van der Waals surface area contributed by atoms with Gasteiger partial charge in [0.15, 0.2) is 0 Å². The summed E-state index contributed by atoms with van der Waals surface area (Å²) >= 11 is 0. The van der Waals surface area contributed by atoms with Crippen molar-refractivity contribution in [3.05, 3.63) is 64.2 Å². The number of sulfonamides is 1. The minimum absolute atomic E-state index is 0.0178. The lowest BCUT2D eigenvalue weighted by molar-refractivity contribution is -0.384. The number of nitrogens with zero attached hydrogens (tertiary/aromatic N) is 2. The van der Waals surface area contributed by atoms with Crippen LogP contribution < -0.4 is 10.5 Å². The van der Waals surface area contributed by atoms with Crippen molar-refractivity contribution >= 4 is 27.3 Å². The van der Waals surface area contributed by atoms with Crippen LogP contribution in [0.25, 0.3) is 0 Å². The second-order valence-electron chi connectivity index (χ2n) is 6.25. The molecule has 2 rings (SSSR count). The van der Waals surface area contributed by atoms with Gasteiger partial charge in [0.2, 0.25) is 15.9 Å². The van der Waals surface area contributed by atoms with Crippen LogP contribution in [0.1, 0.15) is 24.9 Å². The van der Waals surface area contributed by atoms with Crippen LogP contribution in [0, 0.1) is 10.1 Å². The molecule has 1 amide bonds. The fourth-order valence-electron chi connectivity index (χ4n) is 2.65. The quantitative estimate of drug-likeness (QED) is 0.510. The van der Waals surface area contributed by atoms with E-state index in [0.717, 1.165) is 0 Å². The highest BCUT2D eigenvalue weighted by Crippen LogP contribution is 2.24. The van der Waals surface area contributed by atoms with E-state index in [-0.39, 0.29) is 35.5 Å². The Morgan fingerprint density at radius 3 is 2.57 bits per heavy atom. The van der Waals surface area contributed by atoms with Crippen molar-refractivity contribution in [3.63, 3.8) is 0 Å². The van der Waals surface area contributed by atoms with Gasteiger partial charge in [-0.15, -0.1) is 0 Å². The Bertz CT molecular complexity index is 977. The third-order valence-corrected chi connectivity index (χ3v) is 5.31. The van der Waals surface area contributed by atoms with Crippen LogP contribution in [-0.4, -0.2) is 37.7 Å². The van der Waals surface area contributed by atoms with E-state index in [4.69, 9.17) is 5.14 Å². The molecule has 0 spiro atoms. The summed E-state index contributed by atoms with van der Waals surface area (Å²) in [5.41, 5.74) is 0.919. The molecule has 1 atom stereocenters. The van der Waals surface area contributed by atoms with Crippen molar-refractivity contribution < 1.29 is 18.1 Å². The Labute approximate surface area is 163 Å². The number of amides is 1. The number of primary sulfonamides is 1. The Hall–Kier alpha value is -2.98. The second kappa shape index (κ2) is 8.81. The summed E-state index contributed by atoms with van der Waals surface area (Å²) in [5, 5.41) is 19.1. The third kappa shape index (κ3) is 5.27. The molecule has 10 heteroatoms. The van der Waals surface area contributed by atoms with Crippen molar-refractivity contribution in [2.45, 2.75) is 24.3 Å². The highest BCUT2D eigenvalue weighted by atomic mass is 32.2. The predicted octanol–water partition coefficient (Wildman–Crippen LogP) is 2.26. The van der Waals surface area contributed by atoms with Gasteiger partial charge in [-0.1, -0.05) is 24.3 Å². The molecule has 2 aromatic carbocycles. The van der Waals surface area contributed by atoms with E-state index in [1.807, 2.05) is 0 Å². The first-order valence-electron chi connectivity index (χ1n) is 8.47. The van der Waals surface area contributed by atoms with Gasteiger partial charge in [0.1, 0.15) is 5.69 Å². The van der Waals surface area contributed by atoms with Gasteiger partial charge in [0.05, 0.1) is 15.9 Å². The lowest BCUT2D eigenvalue weighted by atomic mass is 10.1. The molecule has 0 radical (unpaired) electrons. The molecule has 9 nitrogen and oxygen atoms in total. The number of nitro benzene ring substituents is 1. The van der Waals surface area contributed by atoms with Crippen molar-refractivity contribution in [1.29, 1.82) is 0 Å². The fraction of sp³-hybridized carbons (Fsp3) is 0.278. The number of rotatable bonds is 8. The highest BCUT2D eigenvalue weighted by molar-refractivity contribution is 7.89. The first-order valence-corrected chi connectivity index (χ1v) is 10.0. The summed E-state index contributed by atoms with van der Waals surface area (Å²) in [6.45, 7) is 1.99. The summed E-state index contributed by atoms with van der Waals surface area (Å²) in [5.74, 6) is -0.195. The standard InChI is InChI=1S/C18H22N4O5S/c1-13(14-6-5-7-15(12-14)28(19,26)27)21(2)18(23)10-11-20-16-8-3-4-9-17(16)22(24)25/h3-9,12-13,20H,10-11H2,1-2H3,(H2,19,26,27). The molecule has 0 saturated carbocycles. The monoisotopic (exact) mass is 406 g/mol. The highest BCUT2D eigenvalue weighted by Gasteiger charge is 2.19. The third-order valence-electron chi connectivity index (χ3n) is 4.40. The normalized spacial score (nSPS) is 12.2. The molecule has 150 valence electrons. The van der Waals surface area contributed by atoms with Crippen molar-refractivity contribution in [3.8, 4) is 0 Å². The van der Waals surface area contributed by atoms with Gasteiger partial charge in [-0.3, -0.25) is 14.9 Å². The minimum atomic E-state index is -3.83. The largest absolute Gasteiger partial charge is 0.379 e. The average Bonchev–Trinajstić information content (AvgIpc) is 2.66. The molecule has 1 unspecified atom stereocenters. The van der Waals surface area contributed by atoms with Gasteiger partial charge < -0.3 is 10.2 Å². The number of nitrogens with two attached hydrogens (primary N) is 1. The van der Waals surface area contributed by atoms with Gasteiger partial charge in [0, 0.05) is 26.1 Å². The summed E-state index contributed by atoms with van der Waals surface area (Å²) in [6, 6.07) is 11.9. The van der Waals surface area contributed by atoms with E-state index in [1.165, 1.54) is 23.1 Å². The van der Waals surface area contributed by atoms with Crippen LogP contribution in [0.15, 0.2) is 53.4 Å². The summed E-state index contributed by atoms with van der Waals surface area (Å²) in [6.07, 6.45) is 0.113. The lowest BCUT2D eigenvalue weighted by Gasteiger charge is -2.26. The van der Waals surface area contributed by atoms with Crippen LogP contribution in [0.3, 0.4) is 0 Å². The number of hydrogen-bond acceptors (Lipinski definition) is 6. The number of hydrogen-bond donors (Lipinski definition) is 2. The lowest BCUT2D eigenvalue weighted by Crippen LogP contribution is -2.31. The zero-order valence-corrected chi connectivity index (χ0v) is 16.3. The molecule has 3 N–H and O–H groups in total. The maximum absolute atomic E-state index is 12.5. The number of nitrogens with one attached hydrogen (secondary N) is 1. The smallest absolute Gasteiger partial charge is 0.292 e. The molecule has 28 heavy (non-hydrogen) atoms. The Morgan fingerprint density at radius 2 is 1.93 bits per heavy atom. The van der Waals surface area contributed by atoms with Crippen LogP contribution in [0.5, 0.6) is 0 Å². The van der Waals surface area contributed by atoms with E-state index < -0.39 is 14.9 Å². The van der Waals surface area contributed by atoms with E-state index in [1.54, 1.807) is 44.3 Å². The maximum atomic E-state index is 12.5. The predicted molar refractivity (Wildman–Crippen MR) is 105 cm³/mol. The molecular formula is C18H22N4O5S. The number of carbonyl (C=O) groups is 1. The first kappa shape index (κ1) is 21.3. The van der Waals surface area contributed by atoms with E-state index >= 15 is 0 Å². The molecule has 0 aromatic heterocycles. The average molecular weight is 406 g/mol. The van der Waals surface area contributed by atoms with Gasteiger partial charge in [-0.25, -0.2) is 13.6 Å². The number of carbonyl (C=O) groups excluding carboxylic acids is 1. The van der Waals surface area contributed by atoms with Crippen molar-refractivity contribution in [1.82, 2.24) is 4.90 Å². The number of para-hydroxylation sites is 2. The molecule has 0 aliphatic heterocycles. The summed E-state index contributed by atoms with van der Waals surface area (Å²) < 4.78 is 23.0. The minimum Gasteiger partial charge on any atom is -0.379 e.